The molecule has 18 heavy (non-hydrogen) atoms. The molecule has 2 heterocycles. The minimum atomic E-state index is 0.805. The first kappa shape index (κ1) is 13.6. The van der Waals surface area contributed by atoms with Crippen LogP contribution in [0.4, 0.5) is 0 Å². The second-order valence-corrected chi connectivity index (χ2v) is 5.26. The molecule has 0 amide bonds. The summed E-state index contributed by atoms with van der Waals surface area (Å²) in [6.07, 6.45) is 3.67. The van der Waals surface area contributed by atoms with Gasteiger partial charge in [-0.05, 0) is 50.5 Å². The molecule has 2 rings (SSSR count). The van der Waals surface area contributed by atoms with Crippen molar-refractivity contribution in [2.24, 2.45) is 5.92 Å². The molecular weight excluding hydrogens is 224 g/mol. The third-order valence-corrected chi connectivity index (χ3v) is 3.81. The van der Waals surface area contributed by atoms with E-state index < -0.39 is 0 Å². The van der Waals surface area contributed by atoms with Crippen LogP contribution in [0.15, 0.2) is 16.5 Å². The van der Waals surface area contributed by atoms with Gasteiger partial charge in [-0.15, -0.1) is 0 Å². The summed E-state index contributed by atoms with van der Waals surface area (Å²) in [5.74, 6) is 3.01. The maximum Gasteiger partial charge on any atom is 0.118 e. The van der Waals surface area contributed by atoms with Gasteiger partial charge in [0.05, 0.1) is 6.54 Å². The van der Waals surface area contributed by atoms with Crippen LogP contribution in [-0.2, 0) is 13.0 Å². The van der Waals surface area contributed by atoms with Gasteiger partial charge in [-0.25, -0.2) is 0 Å². The molecule has 0 aromatic carbocycles. The maximum absolute atomic E-state index is 5.80. The number of piperidine rings is 1. The fraction of sp³-hybridized carbons (Fsp3) is 0.733. The molecule has 0 bridgehead atoms. The van der Waals surface area contributed by atoms with Crippen molar-refractivity contribution in [1.29, 1.82) is 0 Å². The minimum Gasteiger partial charge on any atom is -0.465 e. The normalized spacial score (nSPS) is 20.5. The van der Waals surface area contributed by atoms with Crippen molar-refractivity contribution in [3.8, 4) is 0 Å². The molecule has 1 fully saturated rings. The molecule has 0 aliphatic carbocycles. The van der Waals surface area contributed by atoms with Crippen molar-refractivity contribution in [3.05, 3.63) is 23.7 Å². The van der Waals surface area contributed by atoms with Crippen molar-refractivity contribution in [2.75, 3.05) is 26.2 Å². The van der Waals surface area contributed by atoms with Crippen LogP contribution in [0.1, 0.15) is 38.2 Å². The Labute approximate surface area is 111 Å². The summed E-state index contributed by atoms with van der Waals surface area (Å²) in [5.41, 5.74) is 0. The van der Waals surface area contributed by atoms with E-state index in [9.17, 15) is 0 Å². The average molecular weight is 250 g/mol. The Kier molecular flexibility index (Phi) is 5.26. The number of hydrogen-bond donors (Lipinski definition) is 1. The van der Waals surface area contributed by atoms with Crippen LogP contribution in [0.25, 0.3) is 0 Å². The molecular formula is C15H26N2O. The molecule has 1 N–H and O–H groups in total. The van der Waals surface area contributed by atoms with Crippen molar-refractivity contribution in [1.82, 2.24) is 10.2 Å². The summed E-state index contributed by atoms with van der Waals surface area (Å²) in [7, 11) is 0. The van der Waals surface area contributed by atoms with Crippen molar-refractivity contribution in [2.45, 2.75) is 39.7 Å². The third kappa shape index (κ3) is 3.85. The SMILES string of the molecule is CCc1ccc(CN(CC)CC2CCCNC2)o1. The van der Waals surface area contributed by atoms with E-state index in [2.05, 4.69) is 36.2 Å². The first-order chi connectivity index (χ1) is 8.81. The smallest absolute Gasteiger partial charge is 0.118 e. The van der Waals surface area contributed by atoms with Crippen molar-refractivity contribution in [3.63, 3.8) is 0 Å². The van der Waals surface area contributed by atoms with E-state index in [1.165, 1.54) is 32.5 Å². The Morgan fingerprint density at radius 1 is 1.33 bits per heavy atom. The van der Waals surface area contributed by atoms with Gasteiger partial charge in [-0.1, -0.05) is 13.8 Å². The lowest BCUT2D eigenvalue weighted by Gasteiger charge is -2.28. The second kappa shape index (κ2) is 6.95. The van der Waals surface area contributed by atoms with Crippen LogP contribution in [0.3, 0.4) is 0 Å². The highest BCUT2D eigenvalue weighted by Crippen LogP contribution is 2.15. The number of hydrogen-bond acceptors (Lipinski definition) is 3. The molecule has 1 aliphatic heterocycles. The predicted molar refractivity (Wildman–Crippen MR) is 74.6 cm³/mol. The average Bonchev–Trinajstić information content (AvgIpc) is 2.87. The zero-order valence-corrected chi connectivity index (χ0v) is 11.7. The lowest BCUT2D eigenvalue weighted by molar-refractivity contribution is 0.196. The van der Waals surface area contributed by atoms with Crippen LogP contribution in [0.2, 0.25) is 0 Å². The van der Waals surface area contributed by atoms with Gasteiger partial charge in [0.1, 0.15) is 11.5 Å². The fourth-order valence-electron chi connectivity index (χ4n) is 2.67. The van der Waals surface area contributed by atoms with Crippen LogP contribution in [-0.4, -0.2) is 31.1 Å². The summed E-state index contributed by atoms with van der Waals surface area (Å²) in [4.78, 5) is 2.50. The summed E-state index contributed by atoms with van der Waals surface area (Å²) in [6, 6.07) is 4.23. The lowest BCUT2D eigenvalue weighted by Crippen LogP contribution is -2.38. The largest absolute Gasteiger partial charge is 0.465 e. The van der Waals surface area contributed by atoms with Crippen molar-refractivity contribution >= 4 is 0 Å². The second-order valence-electron chi connectivity index (χ2n) is 5.26. The van der Waals surface area contributed by atoms with Crippen LogP contribution in [0.5, 0.6) is 0 Å². The van der Waals surface area contributed by atoms with E-state index >= 15 is 0 Å². The van der Waals surface area contributed by atoms with Gasteiger partial charge in [0.15, 0.2) is 0 Å². The number of nitrogens with one attached hydrogen (secondary N) is 1. The van der Waals surface area contributed by atoms with E-state index in [4.69, 9.17) is 4.42 Å². The van der Waals surface area contributed by atoms with E-state index in [1.807, 2.05) is 0 Å². The molecule has 0 spiro atoms. The summed E-state index contributed by atoms with van der Waals surface area (Å²) in [6.45, 7) is 9.97. The highest BCUT2D eigenvalue weighted by Gasteiger charge is 2.17. The summed E-state index contributed by atoms with van der Waals surface area (Å²) < 4.78 is 5.80. The Morgan fingerprint density at radius 2 is 2.17 bits per heavy atom. The number of rotatable bonds is 6. The van der Waals surface area contributed by atoms with Crippen molar-refractivity contribution < 1.29 is 4.42 Å². The maximum atomic E-state index is 5.80. The third-order valence-electron chi connectivity index (χ3n) is 3.81. The Bertz CT molecular complexity index is 342. The van der Waals surface area contributed by atoms with E-state index in [1.54, 1.807) is 0 Å². The Balaban J connectivity index is 1.84. The molecule has 1 saturated heterocycles. The van der Waals surface area contributed by atoms with Gasteiger partial charge in [0, 0.05) is 13.0 Å². The van der Waals surface area contributed by atoms with Crippen LogP contribution >= 0.6 is 0 Å². The fourth-order valence-corrected chi connectivity index (χ4v) is 2.67. The van der Waals surface area contributed by atoms with E-state index in [-0.39, 0.29) is 0 Å². The van der Waals surface area contributed by atoms with Crippen LogP contribution < -0.4 is 5.32 Å². The molecule has 1 aromatic heterocycles. The topological polar surface area (TPSA) is 28.4 Å². The van der Waals surface area contributed by atoms with Gasteiger partial charge in [-0.3, -0.25) is 4.90 Å². The van der Waals surface area contributed by atoms with Gasteiger partial charge < -0.3 is 9.73 Å². The molecule has 3 nitrogen and oxygen atoms in total. The van der Waals surface area contributed by atoms with E-state index in [0.717, 1.165) is 36.9 Å². The summed E-state index contributed by atoms with van der Waals surface area (Å²) >= 11 is 0. The molecule has 1 atom stereocenters. The molecule has 1 aliphatic rings. The highest BCUT2D eigenvalue weighted by atomic mass is 16.3. The number of furan rings is 1. The highest BCUT2D eigenvalue weighted by molar-refractivity contribution is 5.06. The quantitative estimate of drug-likeness (QED) is 0.841. The summed E-state index contributed by atoms with van der Waals surface area (Å²) in [5, 5.41) is 3.49. The first-order valence-electron chi connectivity index (χ1n) is 7.32. The molecule has 102 valence electrons. The van der Waals surface area contributed by atoms with Gasteiger partial charge in [0.2, 0.25) is 0 Å². The number of nitrogens with zero attached hydrogens (tertiary/aromatic N) is 1. The molecule has 0 saturated carbocycles. The minimum absolute atomic E-state index is 0.805. The number of aryl methyl sites for hydroxylation is 1. The Hall–Kier alpha value is -0.800. The first-order valence-corrected chi connectivity index (χ1v) is 7.32. The molecule has 1 aromatic rings. The van der Waals surface area contributed by atoms with Gasteiger partial charge >= 0.3 is 0 Å². The standard InChI is InChI=1S/C15H26N2O/c1-3-14-7-8-15(18-14)12-17(4-2)11-13-6-5-9-16-10-13/h7-8,13,16H,3-6,9-12H2,1-2H3. The Morgan fingerprint density at radius 3 is 2.78 bits per heavy atom. The van der Waals surface area contributed by atoms with Gasteiger partial charge in [0.25, 0.3) is 0 Å². The molecule has 1 unspecified atom stereocenters. The lowest BCUT2D eigenvalue weighted by atomic mass is 9.99. The molecule has 3 heteroatoms. The monoisotopic (exact) mass is 250 g/mol. The predicted octanol–water partition coefficient (Wildman–Crippen LogP) is 2.66. The zero-order chi connectivity index (χ0) is 12.8. The molecule has 0 radical (unpaired) electrons. The zero-order valence-electron chi connectivity index (χ0n) is 11.7. The van der Waals surface area contributed by atoms with E-state index in [0.29, 0.717) is 0 Å². The van der Waals surface area contributed by atoms with Gasteiger partial charge in [-0.2, -0.15) is 0 Å². The van der Waals surface area contributed by atoms with Crippen LogP contribution in [0, 0.1) is 5.92 Å².